The molecule has 0 aromatic heterocycles. The molecule has 6 heteroatoms. The lowest BCUT2D eigenvalue weighted by atomic mass is 9.94. The summed E-state index contributed by atoms with van der Waals surface area (Å²) in [7, 11) is -3.87. The van der Waals surface area contributed by atoms with E-state index in [1.54, 1.807) is 60.7 Å². The topological polar surface area (TPSA) is 63.2 Å². The van der Waals surface area contributed by atoms with Crippen molar-refractivity contribution >= 4 is 31.7 Å². The SMILES string of the molecule is C=C(C(=O)c1ccccc1)C(NS(=O)(=O)c1ccc(C)cc1)c1ccc(Br)cc1. The van der Waals surface area contributed by atoms with Crippen LogP contribution in [0.15, 0.2) is 100 Å². The third-order valence-corrected chi connectivity index (χ3v) is 6.45. The van der Waals surface area contributed by atoms with Crippen LogP contribution in [0.1, 0.15) is 27.5 Å². The summed E-state index contributed by atoms with van der Waals surface area (Å²) in [5.41, 5.74) is 2.18. The molecular weight excluding hydrogens is 450 g/mol. The number of hydrogen-bond acceptors (Lipinski definition) is 3. The van der Waals surface area contributed by atoms with Crippen LogP contribution < -0.4 is 4.72 Å². The average Bonchev–Trinajstić information content (AvgIpc) is 2.73. The first kappa shape index (κ1) is 21.2. The lowest BCUT2D eigenvalue weighted by Crippen LogP contribution is -2.31. The van der Waals surface area contributed by atoms with E-state index in [-0.39, 0.29) is 16.3 Å². The molecule has 0 saturated heterocycles. The zero-order valence-electron chi connectivity index (χ0n) is 15.8. The second-order valence-corrected chi connectivity index (χ2v) is 9.27. The third-order valence-electron chi connectivity index (χ3n) is 4.48. The quantitative estimate of drug-likeness (QED) is 0.381. The Balaban J connectivity index is 1.99. The van der Waals surface area contributed by atoms with Crippen molar-refractivity contribution in [1.29, 1.82) is 0 Å². The Morgan fingerprint density at radius 2 is 1.52 bits per heavy atom. The number of hydrogen-bond donors (Lipinski definition) is 1. The van der Waals surface area contributed by atoms with Gasteiger partial charge in [0.15, 0.2) is 5.78 Å². The Hall–Kier alpha value is -2.54. The molecule has 0 saturated carbocycles. The number of Topliss-reactive ketones (excluding diaryl/α,β-unsaturated/α-hetero) is 1. The Kier molecular flexibility index (Phi) is 6.47. The van der Waals surface area contributed by atoms with Gasteiger partial charge in [0.1, 0.15) is 0 Å². The normalized spacial score (nSPS) is 12.3. The van der Waals surface area contributed by atoms with Crippen molar-refractivity contribution in [1.82, 2.24) is 4.72 Å². The Morgan fingerprint density at radius 3 is 2.10 bits per heavy atom. The van der Waals surface area contributed by atoms with Crippen LogP contribution in [0.25, 0.3) is 0 Å². The van der Waals surface area contributed by atoms with Gasteiger partial charge in [-0.05, 0) is 36.8 Å². The second-order valence-electron chi connectivity index (χ2n) is 6.64. The number of sulfonamides is 1. The third kappa shape index (κ3) is 5.09. The van der Waals surface area contributed by atoms with Crippen LogP contribution in [0, 0.1) is 6.92 Å². The maximum Gasteiger partial charge on any atom is 0.241 e. The first-order valence-electron chi connectivity index (χ1n) is 8.91. The van der Waals surface area contributed by atoms with Crippen molar-refractivity contribution in [2.45, 2.75) is 17.9 Å². The van der Waals surface area contributed by atoms with E-state index in [1.165, 1.54) is 12.1 Å². The molecule has 3 aromatic carbocycles. The summed E-state index contributed by atoms with van der Waals surface area (Å²) in [6, 6.07) is 21.4. The summed E-state index contributed by atoms with van der Waals surface area (Å²) in [6.45, 7) is 5.82. The van der Waals surface area contributed by atoms with E-state index in [0.717, 1.165) is 10.0 Å². The lowest BCUT2D eigenvalue weighted by Gasteiger charge is -2.21. The summed E-state index contributed by atoms with van der Waals surface area (Å²) in [5, 5.41) is 0. The predicted octanol–water partition coefficient (Wildman–Crippen LogP) is 5.22. The van der Waals surface area contributed by atoms with Gasteiger partial charge in [0.25, 0.3) is 0 Å². The Morgan fingerprint density at radius 1 is 0.931 bits per heavy atom. The van der Waals surface area contributed by atoms with Crippen molar-refractivity contribution in [3.8, 4) is 0 Å². The molecule has 1 unspecified atom stereocenters. The second kappa shape index (κ2) is 8.86. The molecule has 0 bridgehead atoms. The highest BCUT2D eigenvalue weighted by molar-refractivity contribution is 9.10. The van der Waals surface area contributed by atoms with Gasteiger partial charge in [-0.25, -0.2) is 8.42 Å². The number of halogens is 1. The van der Waals surface area contributed by atoms with E-state index in [0.29, 0.717) is 11.1 Å². The van der Waals surface area contributed by atoms with E-state index in [1.807, 2.05) is 13.0 Å². The van der Waals surface area contributed by atoms with Gasteiger partial charge in [0, 0.05) is 15.6 Å². The van der Waals surface area contributed by atoms with Crippen molar-refractivity contribution < 1.29 is 13.2 Å². The van der Waals surface area contributed by atoms with E-state index in [2.05, 4.69) is 27.2 Å². The highest BCUT2D eigenvalue weighted by Gasteiger charge is 2.27. The van der Waals surface area contributed by atoms with Crippen LogP contribution in [0.5, 0.6) is 0 Å². The number of carbonyl (C=O) groups is 1. The molecule has 0 spiro atoms. The number of benzene rings is 3. The van der Waals surface area contributed by atoms with Gasteiger partial charge in [-0.3, -0.25) is 4.79 Å². The molecule has 1 N–H and O–H groups in total. The fraction of sp³-hybridized carbons (Fsp3) is 0.0870. The standard InChI is InChI=1S/C23H20BrNO3S/c1-16-8-14-21(15-9-16)29(27,28)25-22(18-10-12-20(24)13-11-18)17(2)23(26)19-6-4-3-5-7-19/h3-15,22,25H,2H2,1H3. The highest BCUT2D eigenvalue weighted by Crippen LogP contribution is 2.27. The molecule has 0 aliphatic heterocycles. The molecule has 3 aromatic rings. The molecule has 0 heterocycles. The molecule has 0 aliphatic carbocycles. The van der Waals surface area contributed by atoms with Crippen molar-refractivity contribution in [3.63, 3.8) is 0 Å². The smallest absolute Gasteiger partial charge is 0.241 e. The largest absolute Gasteiger partial charge is 0.289 e. The minimum atomic E-state index is -3.87. The van der Waals surface area contributed by atoms with Crippen molar-refractivity contribution in [2.24, 2.45) is 0 Å². The summed E-state index contributed by atoms with van der Waals surface area (Å²) >= 11 is 3.37. The lowest BCUT2D eigenvalue weighted by molar-refractivity contribution is 0.102. The maximum atomic E-state index is 13.0. The van der Waals surface area contributed by atoms with Gasteiger partial charge >= 0.3 is 0 Å². The van der Waals surface area contributed by atoms with Gasteiger partial charge in [0.05, 0.1) is 10.9 Å². The monoisotopic (exact) mass is 469 g/mol. The summed E-state index contributed by atoms with van der Waals surface area (Å²) in [6.07, 6.45) is 0. The zero-order chi connectivity index (χ0) is 21.0. The molecule has 0 radical (unpaired) electrons. The molecule has 0 amide bonds. The van der Waals surface area contributed by atoms with Crippen LogP contribution >= 0.6 is 15.9 Å². The fourth-order valence-corrected chi connectivity index (χ4v) is 4.33. The molecule has 1 atom stereocenters. The summed E-state index contributed by atoms with van der Waals surface area (Å²) in [4.78, 5) is 13.1. The van der Waals surface area contributed by atoms with E-state index in [4.69, 9.17) is 0 Å². The van der Waals surface area contributed by atoms with Crippen LogP contribution in [0.2, 0.25) is 0 Å². The average molecular weight is 470 g/mol. The van der Waals surface area contributed by atoms with Gasteiger partial charge in [-0.1, -0.05) is 82.7 Å². The minimum absolute atomic E-state index is 0.130. The summed E-state index contributed by atoms with van der Waals surface area (Å²) in [5.74, 6) is -0.315. The molecule has 0 fully saturated rings. The van der Waals surface area contributed by atoms with Crippen LogP contribution in [-0.4, -0.2) is 14.2 Å². The number of rotatable bonds is 7. The Labute approximate surface area is 179 Å². The number of ketones is 1. The number of aryl methyl sites for hydroxylation is 1. The first-order chi connectivity index (χ1) is 13.8. The van der Waals surface area contributed by atoms with Gasteiger partial charge < -0.3 is 0 Å². The predicted molar refractivity (Wildman–Crippen MR) is 118 cm³/mol. The molecule has 148 valence electrons. The number of nitrogens with one attached hydrogen (secondary N) is 1. The van der Waals surface area contributed by atoms with E-state index >= 15 is 0 Å². The summed E-state index contributed by atoms with van der Waals surface area (Å²) < 4.78 is 29.5. The zero-order valence-corrected chi connectivity index (χ0v) is 18.2. The maximum absolute atomic E-state index is 13.0. The van der Waals surface area contributed by atoms with Crippen molar-refractivity contribution in [3.05, 3.63) is 112 Å². The van der Waals surface area contributed by atoms with Gasteiger partial charge in [0.2, 0.25) is 10.0 Å². The van der Waals surface area contributed by atoms with Crippen molar-refractivity contribution in [2.75, 3.05) is 0 Å². The van der Waals surface area contributed by atoms with Gasteiger partial charge in [-0.15, -0.1) is 0 Å². The van der Waals surface area contributed by atoms with E-state index < -0.39 is 16.1 Å². The molecule has 3 rings (SSSR count). The first-order valence-corrected chi connectivity index (χ1v) is 11.2. The van der Waals surface area contributed by atoms with Crippen LogP contribution in [0.4, 0.5) is 0 Å². The molecule has 0 aliphatic rings. The highest BCUT2D eigenvalue weighted by atomic mass is 79.9. The van der Waals surface area contributed by atoms with Gasteiger partial charge in [-0.2, -0.15) is 4.72 Å². The fourth-order valence-electron chi connectivity index (χ4n) is 2.84. The molecule has 4 nitrogen and oxygen atoms in total. The van der Waals surface area contributed by atoms with Crippen LogP contribution in [0.3, 0.4) is 0 Å². The minimum Gasteiger partial charge on any atom is -0.289 e. The number of carbonyl (C=O) groups excluding carboxylic acids is 1. The molecule has 29 heavy (non-hydrogen) atoms. The van der Waals surface area contributed by atoms with Crippen LogP contribution in [-0.2, 0) is 10.0 Å². The van der Waals surface area contributed by atoms with E-state index in [9.17, 15) is 13.2 Å². The Bertz CT molecular complexity index is 1120. The molecular formula is C23H20BrNO3S.